The average molecular weight is 635 g/mol. The second-order valence-electron chi connectivity index (χ2n) is 12.2. The minimum Gasteiger partial charge on any atom is -0.308 e. The lowest BCUT2D eigenvalue weighted by Crippen LogP contribution is -2.31. The Morgan fingerprint density at radius 3 is 2.02 bits per heavy atom. The molecule has 0 saturated carbocycles. The number of pyridine rings is 2. The van der Waals surface area contributed by atoms with Gasteiger partial charge in [-0.2, -0.15) is 5.26 Å². The summed E-state index contributed by atoms with van der Waals surface area (Å²) in [6.45, 7) is 13.6. The molecule has 0 spiro atoms. The number of hydrogen-bond acceptors (Lipinski definition) is 5. The van der Waals surface area contributed by atoms with Gasteiger partial charge in [-0.05, 0) is 91.6 Å². The van der Waals surface area contributed by atoms with Crippen LogP contribution in [0.3, 0.4) is 0 Å². The van der Waals surface area contributed by atoms with Crippen molar-refractivity contribution in [3.05, 3.63) is 148 Å². The molecule has 0 aliphatic carbocycles. The molecule has 232 valence electrons. The molecule has 0 unspecified atom stereocenters. The summed E-state index contributed by atoms with van der Waals surface area (Å²) < 4.78 is 2.02. The maximum atomic E-state index is 14.4. The van der Waals surface area contributed by atoms with E-state index >= 15 is 0 Å². The zero-order valence-corrected chi connectivity index (χ0v) is 26.8. The van der Waals surface area contributed by atoms with Crippen LogP contribution in [-0.4, -0.2) is 26.3 Å². The van der Waals surface area contributed by atoms with E-state index in [1.54, 1.807) is 43.0 Å². The lowest BCUT2D eigenvalue weighted by Gasteiger charge is -2.20. The first kappa shape index (κ1) is 29.5. The second-order valence-corrected chi connectivity index (χ2v) is 12.2. The highest BCUT2D eigenvalue weighted by molar-refractivity contribution is 6.36. The fourth-order valence-electron chi connectivity index (χ4n) is 7.23. The Morgan fingerprint density at radius 1 is 0.735 bits per heavy atom. The van der Waals surface area contributed by atoms with Gasteiger partial charge in [-0.15, -0.1) is 0 Å². The molecule has 1 aliphatic heterocycles. The highest BCUT2D eigenvalue weighted by Crippen LogP contribution is 2.42. The monoisotopic (exact) mass is 634 g/mol. The predicted molar refractivity (Wildman–Crippen MR) is 190 cm³/mol. The molecule has 0 fully saturated rings. The first-order valence-electron chi connectivity index (χ1n) is 15.6. The standard InChI is InChI=1S/C41H26N6O2/c1-23-16-24(2)39(25(3)17-23)47-40(48)29-6-5-7-37(38(29)41(47)49)46-35-10-8-26(32-21-44-14-12-28(32)20-42)18-30(35)31-19-27(9-11-36(31)46)33-22-45-15-13-34(33)43-4/h5-19,21-22H,1-3H3. The third kappa shape index (κ3) is 4.43. The minimum absolute atomic E-state index is 0.334. The number of carbonyl (C=O) groups excluding carboxylic acids is 2. The van der Waals surface area contributed by atoms with Gasteiger partial charge in [-0.1, -0.05) is 35.9 Å². The molecule has 0 radical (unpaired) electrons. The van der Waals surface area contributed by atoms with Gasteiger partial charge in [0.2, 0.25) is 0 Å². The zero-order chi connectivity index (χ0) is 34.0. The van der Waals surface area contributed by atoms with Gasteiger partial charge in [0, 0.05) is 46.7 Å². The van der Waals surface area contributed by atoms with Gasteiger partial charge in [0.1, 0.15) is 0 Å². The van der Waals surface area contributed by atoms with Crippen LogP contribution in [0.1, 0.15) is 43.0 Å². The quantitative estimate of drug-likeness (QED) is 0.142. The highest BCUT2D eigenvalue weighted by atomic mass is 16.2. The SMILES string of the molecule is [C-]#[N+]c1ccncc1-c1ccc2c(c1)c1cc(-c3cnccc3C#N)ccc1n2-c1cccc2c1C(=O)N(c1c(C)cc(C)cc1C)C2=O. The molecule has 8 rings (SSSR count). The van der Waals surface area contributed by atoms with E-state index < -0.39 is 0 Å². The van der Waals surface area contributed by atoms with E-state index in [0.717, 1.165) is 49.6 Å². The maximum absolute atomic E-state index is 14.4. The second kappa shape index (κ2) is 11.1. The first-order chi connectivity index (χ1) is 23.8. The van der Waals surface area contributed by atoms with Crippen molar-refractivity contribution in [3.8, 4) is 34.0 Å². The summed E-state index contributed by atoms with van der Waals surface area (Å²) in [6, 6.07) is 26.9. The molecule has 3 aromatic heterocycles. The van der Waals surface area contributed by atoms with Gasteiger partial charge in [0.25, 0.3) is 11.8 Å². The molecule has 49 heavy (non-hydrogen) atoms. The van der Waals surface area contributed by atoms with Crippen LogP contribution in [0.5, 0.6) is 0 Å². The molecule has 4 heterocycles. The van der Waals surface area contributed by atoms with Gasteiger partial charge in [-0.25, -0.2) is 9.74 Å². The molecule has 7 aromatic rings. The number of amides is 2. The van der Waals surface area contributed by atoms with Crippen LogP contribution in [-0.2, 0) is 0 Å². The summed E-state index contributed by atoms with van der Waals surface area (Å²) in [5.74, 6) is -0.730. The average Bonchev–Trinajstić information content (AvgIpc) is 3.57. The van der Waals surface area contributed by atoms with Crippen LogP contribution in [0.15, 0.2) is 104 Å². The van der Waals surface area contributed by atoms with E-state index in [0.29, 0.717) is 44.9 Å². The molecule has 0 bridgehead atoms. The number of aromatic nitrogens is 3. The molecule has 0 N–H and O–H groups in total. The number of anilines is 1. The van der Waals surface area contributed by atoms with Crippen molar-refractivity contribution >= 4 is 45.0 Å². The van der Waals surface area contributed by atoms with Crippen LogP contribution in [0.4, 0.5) is 11.4 Å². The van der Waals surface area contributed by atoms with E-state index in [9.17, 15) is 14.9 Å². The van der Waals surface area contributed by atoms with Gasteiger partial charge in [-0.3, -0.25) is 19.6 Å². The van der Waals surface area contributed by atoms with Crippen LogP contribution in [0.25, 0.3) is 54.6 Å². The van der Waals surface area contributed by atoms with Crippen LogP contribution in [0.2, 0.25) is 0 Å². The predicted octanol–water partition coefficient (Wildman–Crippen LogP) is 9.06. The van der Waals surface area contributed by atoms with Gasteiger partial charge in [0.05, 0.1) is 51.7 Å². The summed E-state index contributed by atoms with van der Waals surface area (Å²) >= 11 is 0. The van der Waals surface area contributed by atoms with E-state index in [4.69, 9.17) is 6.57 Å². The van der Waals surface area contributed by atoms with Crippen LogP contribution in [0, 0.1) is 38.7 Å². The zero-order valence-electron chi connectivity index (χ0n) is 26.8. The molecule has 8 nitrogen and oxygen atoms in total. The molecule has 1 aliphatic rings. The first-order valence-corrected chi connectivity index (χ1v) is 15.6. The fraction of sp³-hybridized carbons (Fsp3) is 0.0732. The third-order valence-electron chi connectivity index (χ3n) is 9.24. The Balaban J connectivity index is 1.41. The molecule has 0 atom stereocenters. The van der Waals surface area contributed by atoms with Crippen molar-refractivity contribution in [3.63, 3.8) is 0 Å². The van der Waals surface area contributed by atoms with Crippen LogP contribution >= 0.6 is 0 Å². The number of imide groups is 1. The van der Waals surface area contributed by atoms with Gasteiger partial charge in [0.15, 0.2) is 5.69 Å². The maximum Gasteiger partial charge on any atom is 0.268 e. The smallest absolute Gasteiger partial charge is 0.268 e. The largest absolute Gasteiger partial charge is 0.308 e. The molecule has 2 amide bonds. The van der Waals surface area contributed by atoms with Gasteiger partial charge >= 0.3 is 0 Å². The third-order valence-corrected chi connectivity index (χ3v) is 9.24. The summed E-state index contributed by atoms with van der Waals surface area (Å²) in [5.41, 5.74) is 10.3. The topological polar surface area (TPSA) is 96.2 Å². The lowest BCUT2D eigenvalue weighted by molar-refractivity contribution is 0.0925. The fourth-order valence-corrected chi connectivity index (χ4v) is 7.23. The Hall–Kier alpha value is -6.90. The van der Waals surface area contributed by atoms with Crippen molar-refractivity contribution < 1.29 is 9.59 Å². The molecular weight excluding hydrogens is 608 g/mol. The summed E-state index contributed by atoms with van der Waals surface area (Å²) in [5, 5.41) is 11.6. The Labute approximate surface area is 282 Å². The van der Waals surface area contributed by atoms with Crippen LogP contribution < -0.4 is 4.90 Å². The van der Waals surface area contributed by atoms with Crippen molar-refractivity contribution in [2.75, 3.05) is 4.90 Å². The normalized spacial score (nSPS) is 12.4. The number of fused-ring (bicyclic) bond motifs is 4. The van der Waals surface area contributed by atoms with Crippen molar-refractivity contribution in [2.45, 2.75) is 20.8 Å². The lowest BCUT2D eigenvalue weighted by atomic mass is 9.99. The number of benzene rings is 4. The van der Waals surface area contributed by atoms with E-state index in [1.165, 1.54) is 4.90 Å². The summed E-state index contributed by atoms with van der Waals surface area (Å²) in [4.78, 5) is 42.0. The molecule has 4 aromatic carbocycles. The highest BCUT2D eigenvalue weighted by Gasteiger charge is 2.40. The summed E-state index contributed by atoms with van der Waals surface area (Å²) in [6.07, 6.45) is 6.57. The number of aryl methyl sites for hydroxylation is 3. The summed E-state index contributed by atoms with van der Waals surface area (Å²) in [7, 11) is 0. The van der Waals surface area contributed by atoms with Crippen molar-refractivity contribution in [1.29, 1.82) is 5.26 Å². The van der Waals surface area contributed by atoms with E-state index in [-0.39, 0.29) is 11.8 Å². The molecular formula is C41H26N6O2. The minimum atomic E-state index is -0.375. The van der Waals surface area contributed by atoms with Gasteiger partial charge < -0.3 is 4.57 Å². The van der Waals surface area contributed by atoms with E-state index in [1.807, 2.05) is 86.0 Å². The Kier molecular flexibility index (Phi) is 6.69. The van der Waals surface area contributed by atoms with Crippen molar-refractivity contribution in [2.24, 2.45) is 0 Å². The Bertz CT molecular complexity index is 2530. The van der Waals surface area contributed by atoms with Crippen molar-refractivity contribution in [1.82, 2.24) is 14.5 Å². The number of nitrogens with zero attached hydrogens (tertiary/aromatic N) is 6. The number of hydrogen-bond donors (Lipinski definition) is 0. The number of nitriles is 1. The van der Waals surface area contributed by atoms with E-state index in [2.05, 4.69) is 20.9 Å². The molecule has 8 heteroatoms. The Morgan fingerprint density at radius 2 is 1.37 bits per heavy atom. The number of rotatable bonds is 4. The number of carbonyl (C=O) groups is 2. The molecule has 0 saturated heterocycles.